The van der Waals surface area contributed by atoms with E-state index in [9.17, 15) is 10.4 Å². The number of aryl methyl sites for hydroxylation is 1. The number of nitriles is 1. The van der Waals surface area contributed by atoms with E-state index in [2.05, 4.69) is 12.1 Å². The van der Waals surface area contributed by atoms with Crippen LogP contribution in [0.15, 0.2) is 24.3 Å². The molecule has 0 radical (unpaired) electrons. The van der Waals surface area contributed by atoms with Gasteiger partial charge in [-0.25, -0.2) is 0 Å². The Kier molecular flexibility index (Phi) is 3.43. The van der Waals surface area contributed by atoms with Gasteiger partial charge in [0.05, 0.1) is 18.1 Å². The Labute approximate surface area is 108 Å². The van der Waals surface area contributed by atoms with Crippen molar-refractivity contribution in [2.45, 2.75) is 31.8 Å². The van der Waals surface area contributed by atoms with Crippen molar-refractivity contribution in [3.05, 3.63) is 35.4 Å². The van der Waals surface area contributed by atoms with Gasteiger partial charge >= 0.3 is 0 Å². The number of aliphatic hydroxyl groups is 1. The van der Waals surface area contributed by atoms with E-state index < -0.39 is 11.0 Å². The third-order valence-electron chi connectivity index (χ3n) is 4.10. The van der Waals surface area contributed by atoms with E-state index in [1.54, 1.807) is 14.0 Å². The quantitative estimate of drug-likeness (QED) is 0.887. The molecule has 18 heavy (non-hydrogen) atoms. The molecule has 0 saturated carbocycles. The van der Waals surface area contributed by atoms with Crippen LogP contribution in [-0.2, 0) is 17.6 Å². The first-order valence-electron chi connectivity index (χ1n) is 6.24. The maximum atomic E-state index is 10.6. The Bertz CT molecular complexity index is 476. The van der Waals surface area contributed by atoms with Crippen molar-refractivity contribution in [2.75, 3.05) is 13.7 Å². The summed E-state index contributed by atoms with van der Waals surface area (Å²) in [6, 6.07) is 10.5. The summed E-state index contributed by atoms with van der Waals surface area (Å²) in [6.45, 7) is 1.89. The van der Waals surface area contributed by atoms with Gasteiger partial charge in [0, 0.05) is 7.11 Å². The number of benzene rings is 1. The van der Waals surface area contributed by atoms with Crippen LogP contribution < -0.4 is 0 Å². The normalized spacial score (nSPS) is 25.9. The lowest BCUT2D eigenvalue weighted by atomic mass is 9.63. The molecule has 1 N–H and O–H groups in total. The van der Waals surface area contributed by atoms with E-state index in [0.29, 0.717) is 12.8 Å². The smallest absolute Gasteiger partial charge is 0.104 e. The van der Waals surface area contributed by atoms with Crippen LogP contribution in [0.3, 0.4) is 0 Å². The SMILES string of the molecule is COCC(C)(O)C1(C#N)CCc2ccccc2C1. The van der Waals surface area contributed by atoms with Crippen molar-refractivity contribution in [3.8, 4) is 6.07 Å². The second-order valence-corrected chi connectivity index (χ2v) is 5.35. The van der Waals surface area contributed by atoms with E-state index in [4.69, 9.17) is 4.74 Å². The first-order chi connectivity index (χ1) is 8.54. The molecule has 0 bridgehead atoms. The third-order valence-corrected chi connectivity index (χ3v) is 4.10. The number of rotatable bonds is 3. The second-order valence-electron chi connectivity index (χ2n) is 5.35. The molecular weight excluding hydrogens is 226 g/mol. The molecule has 1 aliphatic rings. The minimum atomic E-state index is -1.12. The lowest BCUT2D eigenvalue weighted by Crippen LogP contribution is -2.51. The molecule has 1 aromatic carbocycles. The minimum absolute atomic E-state index is 0.183. The van der Waals surface area contributed by atoms with Gasteiger partial charge in [0.1, 0.15) is 5.60 Å². The Balaban J connectivity index is 2.36. The van der Waals surface area contributed by atoms with Gasteiger partial charge in [0.25, 0.3) is 0 Å². The van der Waals surface area contributed by atoms with Crippen molar-refractivity contribution >= 4 is 0 Å². The zero-order valence-electron chi connectivity index (χ0n) is 10.9. The predicted molar refractivity (Wildman–Crippen MR) is 69.0 cm³/mol. The maximum absolute atomic E-state index is 10.6. The van der Waals surface area contributed by atoms with Crippen molar-refractivity contribution in [1.29, 1.82) is 5.26 Å². The first kappa shape index (κ1) is 13.1. The van der Waals surface area contributed by atoms with Crippen LogP contribution in [0.5, 0.6) is 0 Å². The Morgan fingerprint density at radius 1 is 1.44 bits per heavy atom. The molecule has 96 valence electrons. The molecule has 0 fully saturated rings. The highest BCUT2D eigenvalue weighted by Gasteiger charge is 2.49. The molecule has 1 aliphatic carbocycles. The van der Waals surface area contributed by atoms with Crippen LogP contribution in [-0.4, -0.2) is 24.4 Å². The fraction of sp³-hybridized carbons (Fsp3) is 0.533. The molecule has 0 spiro atoms. The predicted octanol–water partition coefficient (Wildman–Crippen LogP) is 2.08. The van der Waals surface area contributed by atoms with Crippen molar-refractivity contribution in [2.24, 2.45) is 5.41 Å². The Morgan fingerprint density at radius 3 is 2.72 bits per heavy atom. The fourth-order valence-electron chi connectivity index (χ4n) is 2.83. The summed E-state index contributed by atoms with van der Waals surface area (Å²) >= 11 is 0. The van der Waals surface area contributed by atoms with Crippen molar-refractivity contribution in [3.63, 3.8) is 0 Å². The van der Waals surface area contributed by atoms with Crippen LogP contribution >= 0.6 is 0 Å². The number of ether oxygens (including phenoxy) is 1. The number of hydrogen-bond acceptors (Lipinski definition) is 3. The largest absolute Gasteiger partial charge is 0.386 e. The van der Waals surface area contributed by atoms with Gasteiger partial charge in [-0.3, -0.25) is 0 Å². The number of methoxy groups -OCH3 is 1. The van der Waals surface area contributed by atoms with Crippen LogP contribution in [0, 0.1) is 16.7 Å². The van der Waals surface area contributed by atoms with E-state index >= 15 is 0 Å². The average Bonchev–Trinajstić information content (AvgIpc) is 2.37. The van der Waals surface area contributed by atoms with Crippen molar-refractivity contribution in [1.82, 2.24) is 0 Å². The van der Waals surface area contributed by atoms with Crippen LogP contribution in [0.25, 0.3) is 0 Å². The zero-order valence-corrected chi connectivity index (χ0v) is 10.9. The van der Waals surface area contributed by atoms with E-state index in [1.807, 2.05) is 18.2 Å². The lowest BCUT2D eigenvalue weighted by Gasteiger charge is -2.42. The van der Waals surface area contributed by atoms with Gasteiger partial charge in [-0.2, -0.15) is 5.26 Å². The Hall–Kier alpha value is -1.37. The highest BCUT2D eigenvalue weighted by Crippen LogP contribution is 2.43. The first-order valence-corrected chi connectivity index (χ1v) is 6.24. The Morgan fingerprint density at radius 2 is 2.11 bits per heavy atom. The lowest BCUT2D eigenvalue weighted by molar-refractivity contribution is -0.0936. The molecule has 0 aliphatic heterocycles. The molecule has 0 aromatic heterocycles. The molecule has 0 heterocycles. The average molecular weight is 245 g/mol. The van der Waals surface area contributed by atoms with E-state index in [0.717, 1.165) is 6.42 Å². The summed E-state index contributed by atoms with van der Waals surface area (Å²) in [5, 5.41) is 20.1. The van der Waals surface area contributed by atoms with Gasteiger partial charge < -0.3 is 9.84 Å². The summed E-state index contributed by atoms with van der Waals surface area (Å²) in [4.78, 5) is 0. The van der Waals surface area contributed by atoms with Gasteiger partial charge in [0.15, 0.2) is 0 Å². The highest BCUT2D eigenvalue weighted by molar-refractivity contribution is 5.34. The summed E-state index contributed by atoms with van der Waals surface area (Å²) in [5.74, 6) is 0. The molecule has 0 saturated heterocycles. The molecule has 0 amide bonds. The minimum Gasteiger partial charge on any atom is -0.386 e. The van der Waals surface area contributed by atoms with Crippen LogP contribution in [0.1, 0.15) is 24.5 Å². The second kappa shape index (κ2) is 4.72. The van der Waals surface area contributed by atoms with Crippen molar-refractivity contribution < 1.29 is 9.84 Å². The fourth-order valence-corrected chi connectivity index (χ4v) is 2.83. The molecule has 2 unspecified atom stereocenters. The summed E-state index contributed by atoms with van der Waals surface area (Å²) in [6.07, 6.45) is 2.11. The standard InChI is InChI=1S/C15H19NO2/c1-14(17,11-18-2)15(10-16)8-7-12-5-3-4-6-13(12)9-15/h3-6,17H,7-9,11H2,1-2H3. The summed E-state index contributed by atoms with van der Waals surface area (Å²) in [5.41, 5.74) is 0.583. The molecule has 2 rings (SSSR count). The number of fused-ring (bicyclic) bond motifs is 1. The molecule has 3 heteroatoms. The summed E-state index contributed by atoms with van der Waals surface area (Å²) in [7, 11) is 1.55. The van der Waals surface area contributed by atoms with Gasteiger partial charge in [-0.15, -0.1) is 0 Å². The van der Waals surface area contributed by atoms with Gasteiger partial charge in [-0.1, -0.05) is 24.3 Å². The zero-order chi connectivity index (χ0) is 13.2. The molecule has 2 atom stereocenters. The van der Waals surface area contributed by atoms with Gasteiger partial charge in [0.2, 0.25) is 0 Å². The third kappa shape index (κ3) is 2.03. The molecule has 3 nitrogen and oxygen atoms in total. The van der Waals surface area contributed by atoms with E-state index in [-0.39, 0.29) is 6.61 Å². The maximum Gasteiger partial charge on any atom is 0.104 e. The molecule has 1 aromatic rings. The summed E-state index contributed by atoms with van der Waals surface area (Å²) < 4.78 is 5.07. The number of hydrogen-bond donors (Lipinski definition) is 1. The van der Waals surface area contributed by atoms with Gasteiger partial charge in [-0.05, 0) is 37.3 Å². The highest BCUT2D eigenvalue weighted by atomic mass is 16.5. The number of nitrogens with zero attached hydrogens (tertiary/aromatic N) is 1. The van der Waals surface area contributed by atoms with Crippen LogP contribution in [0.4, 0.5) is 0 Å². The van der Waals surface area contributed by atoms with Crippen LogP contribution in [0.2, 0.25) is 0 Å². The monoisotopic (exact) mass is 245 g/mol. The molecular formula is C15H19NO2. The van der Waals surface area contributed by atoms with E-state index in [1.165, 1.54) is 11.1 Å². The topological polar surface area (TPSA) is 53.2 Å².